The molecule has 0 bridgehead atoms. The zero-order chi connectivity index (χ0) is 20.0. The Labute approximate surface area is 152 Å². The molecule has 27 heavy (non-hydrogen) atoms. The van der Waals surface area contributed by atoms with Gasteiger partial charge >= 0.3 is 12.1 Å². The van der Waals surface area contributed by atoms with E-state index in [0.717, 1.165) is 5.56 Å². The Morgan fingerprint density at radius 2 is 1.96 bits per heavy atom. The van der Waals surface area contributed by atoms with Gasteiger partial charge in [0.05, 0.1) is 6.54 Å². The van der Waals surface area contributed by atoms with Crippen molar-refractivity contribution in [1.29, 1.82) is 0 Å². The van der Waals surface area contributed by atoms with Gasteiger partial charge in [0, 0.05) is 25.6 Å². The highest BCUT2D eigenvalue weighted by Gasteiger charge is 2.38. The summed E-state index contributed by atoms with van der Waals surface area (Å²) in [5.41, 5.74) is 1.08. The molecule has 0 unspecified atom stereocenters. The van der Waals surface area contributed by atoms with Gasteiger partial charge in [0.25, 0.3) is 0 Å². The maximum atomic E-state index is 12.5. The summed E-state index contributed by atoms with van der Waals surface area (Å²) in [5.74, 6) is -2.20. The van der Waals surface area contributed by atoms with E-state index in [2.05, 4.69) is 26.6 Å². The first-order valence-electron chi connectivity index (χ1n) is 7.84. The van der Waals surface area contributed by atoms with E-state index in [4.69, 9.17) is 0 Å². The van der Waals surface area contributed by atoms with Gasteiger partial charge in [-0.15, -0.1) is 6.58 Å². The molecule has 2 rings (SSSR count). The van der Waals surface area contributed by atoms with Crippen molar-refractivity contribution < 1.29 is 27.3 Å². The molecule has 1 aromatic carbocycles. The number of rotatable bonds is 7. The van der Waals surface area contributed by atoms with Crippen molar-refractivity contribution in [1.82, 2.24) is 20.4 Å². The molecule has 0 aliphatic carbocycles. The number of hydrogen-bond acceptors (Lipinski definition) is 5. The van der Waals surface area contributed by atoms with Crippen LogP contribution in [0.1, 0.15) is 18.4 Å². The summed E-state index contributed by atoms with van der Waals surface area (Å²) in [7, 11) is 0. The number of nitrogens with zero attached hydrogens (tertiary/aromatic N) is 3. The number of alkyl halides is 3. The Balaban J connectivity index is 2.08. The Morgan fingerprint density at radius 1 is 1.30 bits per heavy atom. The normalized spacial score (nSPS) is 11.1. The maximum Gasteiger partial charge on any atom is 0.471 e. The van der Waals surface area contributed by atoms with Crippen LogP contribution in [0.25, 0.3) is 11.4 Å². The summed E-state index contributed by atoms with van der Waals surface area (Å²) in [4.78, 5) is 27.9. The summed E-state index contributed by atoms with van der Waals surface area (Å²) in [5, 5.41) is 5.75. The van der Waals surface area contributed by atoms with Crippen molar-refractivity contribution in [3.8, 4) is 11.4 Å². The van der Waals surface area contributed by atoms with Gasteiger partial charge in [-0.1, -0.05) is 35.5 Å². The third kappa shape index (κ3) is 5.66. The molecular weight excluding hydrogens is 365 g/mol. The van der Waals surface area contributed by atoms with E-state index in [1.807, 2.05) is 0 Å². The Kier molecular flexibility index (Phi) is 6.32. The average Bonchev–Trinajstić information content (AvgIpc) is 3.10. The number of carbonyl (C=O) groups excluding carboxylic acids is 2. The monoisotopic (exact) mass is 382 g/mol. The molecule has 0 spiro atoms. The Hall–Kier alpha value is -3.17. The summed E-state index contributed by atoms with van der Waals surface area (Å²) in [6.07, 6.45) is -3.15. The van der Waals surface area contributed by atoms with Gasteiger partial charge in [0.1, 0.15) is 0 Å². The van der Waals surface area contributed by atoms with Crippen LogP contribution in [0.3, 0.4) is 0 Å². The Morgan fingerprint density at radius 3 is 2.48 bits per heavy atom. The fourth-order valence-electron chi connectivity index (χ4n) is 2.16. The van der Waals surface area contributed by atoms with E-state index in [9.17, 15) is 22.8 Å². The van der Waals surface area contributed by atoms with Gasteiger partial charge in [-0.2, -0.15) is 18.2 Å². The predicted molar refractivity (Wildman–Crippen MR) is 89.0 cm³/mol. The smallest absolute Gasteiger partial charge is 0.347 e. The van der Waals surface area contributed by atoms with Crippen LogP contribution < -0.4 is 5.32 Å². The second kappa shape index (κ2) is 8.47. The van der Waals surface area contributed by atoms with Gasteiger partial charge in [0.15, 0.2) is 0 Å². The van der Waals surface area contributed by atoms with Crippen LogP contribution in [0.15, 0.2) is 41.4 Å². The molecule has 10 heteroatoms. The molecule has 0 aliphatic heterocycles. The molecule has 1 aromatic heterocycles. The van der Waals surface area contributed by atoms with E-state index in [-0.39, 0.29) is 37.3 Å². The van der Waals surface area contributed by atoms with Crippen molar-refractivity contribution in [3.63, 3.8) is 0 Å². The SMILES string of the molecule is C=CCN(Cc1ccc(-c2noc(C(F)(F)F)n2)cc1)C(=O)CNC(C)=O. The standard InChI is InChI=1S/C17H17F3N4O3/c1-3-8-24(14(26)9-21-11(2)25)10-12-4-6-13(7-5-12)15-22-16(27-23-15)17(18,19)20/h3-7H,1,8-10H2,2H3,(H,21,25). The van der Waals surface area contributed by atoms with Crippen LogP contribution in [0.4, 0.5) is 13.2 Å². The van der Waals surface area contributed by atoms with Crippen LogP contribution in [0.5, 0.6) is 0 Å². The third-order valence-electron chi connectivity index (χ3n) is 3.44. The average molecular weight is 382 g/mol. The lowest BCUT2D eigenvalue weighted by atomic mass is 10.1. The van der Waals surface area contributed by atoms with E-state index in [1.54, 1.807) is 18.2 Å². The number of benzene rings is 1. The molecule has 1 N–H and O–H groups in total. The van der Waals surface area contributed by atoms with Crippen molar-refractivity contribution in [2.75, 3.05) is 13.1 Å². The molecule has 144 valence electrons. The fraction of sp³-hybridized carbons (Fsp3) is 0.294. The number of halogens is 3. The zero-order valence-electron chi connectivity index (χ0n) is 14.4. The lowest BCUT2D eigenvalue weighted by Crippen LogP contribution is -2.39. The number of hydrogen-bond donors (Lipinski definition) is 1. The van der Waals surface area contributed by atoms with Gasteiger partial charge in [-0.25, -0.2) is 0 Å². The molecule has 0 radical (unpaired) electrons. The highest BCUT2D eigenvalue weighted by Crippen LogP contribution is 2.29. The van der Waals surface area contributed by atoms with Gasteiger partial charge in [-0.3, -0.25) is 9.59 Å². The maximum absolute atomic E-state index is 12.5. The van der Waals surface area contributed by atoms with Gasteiger partial charge in [-0.05, 0) is 5.56 Å². The summed E-state index contributed by atoms with van der Waals surface area (Å²) in [6, 6.07) is 6.34. The third-order valence-corrected chi connectivity index (χ3v) is 3.44. The highest BCUT2D eigenvalue weighted by molar-refractivity contribution is 5.83. The van der Waals surface area contributed by atoms with Gasteiger partial charge < -0.3 is 14.7 Å². The van der Waals surface area contributed by atoms with E-state index in [1.165, 1.54) is 24.0 Å². The summed E-state index contributed by atoms with van der Waals surface area (Å²) in [6.45, 7) is 5.29. The minimum atomic E-state index is -4.70. The summed E-state index contributed by atoms with van der Waals surface area (Å²) < 4.78 is 41.8. The van der Waals surface area contributed by atoms with E-state index in [0.29, 0.717) is 5.56 Å². The second-order valence-electron chi connectivity index (χ2n) is 5.59. The van der Waals surface area contributed by atoms with Crippen molar-refractivity contribution in [3.05, 3.63) is 48.4 Å². The first kappa shape index (κ1) is 20.1. The Bertz CT molecular complexity index is 816. The molecular formula is C17H17F3N4O3. The number of aromatic nitrogens is 2. The van der Waals surface area contributed by atoms with Gasteiger partial charge in [0.2, 0.25) is 17.6 Å². The lowest BCUT2D eigenvalue weighted by Gasteiger charge is -2.21. The number of nitrogens with one attached hydrogen (secondary N) is 1. The first-order valence-corrected chi connectivity index (χ1v) is 7.84. The van der Waals surface area contributed by atoms with Crippen LogP contribution in [-0.4, -0.2) is 39.9 Å². The summed E-state index contributed by atoms with van der Waals surface area (Å²) >= 11 is 0. The van der Waals surface area contributed by atoms with Crippen molar-refractivity contribution >= 4 is 11.8 Å². The molecule has 2 aromatic rings. The topological polar surface area (TPSA) is 88.3 Å². The minimum absolute atomic E-state index is 0.135. The van der Waals surface area contributed by atoms with Crippen LogP contribution >= 0.6 is 0 Å². The van der Waals surface area contributed by atoms with Crippen molar-refractivity contribution in [2.45, 2.75) is 19.6 Å². The molecule has 0 fully saturated rings. The zero-order valence-corrected chi connectivity index (χ0v) is 14.4. The first-order chi connectivity index (χ1) is 12.7. The lowest BCUT2D eigenvalue weighted by molar-refractivity contribution is -0.159. The fourth-order valence-corrected chi connectivity index (χ4v) is 2.16. The number of amides is 2. The molecule has 1 heterocycles. The molecule has 0 saturated carbocycles. The molecule has 2 amide bonds. The minimum Gasteiger partial charge on any atom is -0.347 e. The van der Waals surface area contributed by atoms with Crippen LogP contribution in [-0.2, 0) is 22.3 Å². The molecule has 0 saturated heterocycles. The molecule has 7 nitrogen and oxygen atoms in total. The highest BCUT2D eigenvalue weighted by atomic mass is 19.4. The van der Waals surface area contributed by atoms with E-state index >= 15 is 0 Å². The van der Waals surface area contributed by atoms with E-state index < -0.39 is 12.1 Å². The van der Waals surface area contributed by atoms with Crippen LogP contribution in [0, 0.1) is 0 Å². The number of carbonyl (C=O) groups is 2. The quantitative estimate of drug-likeness (QED) is 0.743. The second-order valence-corrected chi connectivity index (χ2v) is 5.59. The molecule has 0 atom stereocenters. The predicted octanol–water partition coefficient (Wildman–Crippen LogP) is 2.41. The van der Waals surface area contributed by atoms with Crippen LogP contribution in [0.2, 0.25) is 0 Å². The molecule has 0 aliphatic rings. The largest absolute Gasteiger partial charge is 0.471 e. The van der Waals surface area contributed by atoms with Crippen molar-refractivity contribution in [2.24, 2.45) is 0 Å².